The van der Waals surface area contributed by atoms with E-state index in [0.29, 0.717) is 12.0 Å². The molecule has 1 amide bonds. The van der Waals surface area contributed by atoms with Crippen molar-refractivity contribution in [1.82, 2.24) is 10.6 Å². The number of aliphatic hydroxyl groups is 1. The van der Waals surface area contributed by atoms with E-state index in [1.165, 1.54) is 11.1 Å². The second-order valence-electron chi connectivity index (χ2n) is 9.48. The van der Waals surface area contributed by atoms with Crippen molar-refractivity contribution in [2.24, 2.45) is 0 Å². The highest BCUT2D eigenvalue weighted by molar-refractivity contribution is 5.95. The van der Waals surface area contributed by atoms with Gasteiger partial charge in [-0.1, -0.05) is 30.3 Å². The molecular formula is C25H32ClN3O3. The molecule has 6 nitrogen and oxygen atoms in total. The lowest BCUT2D eigenvalue weighted by molar-refractivity contribution is -0.169. The maximum atomic E-state index is 13.2. The average Bonchev–Trinajstić information content (AvgIpc) is 3.22. The number of aliphatic hydroxyl groups excluding tert-OH is 1. The fourth-order valence-electron chi connectivity index (χ4n) is 5.30. The van der Waals surface area contributed by atoms with Crippen LogP contribution in [0.3, 0.4) is 0 Å². The predicted octanol–water partition coefficient (Wildman–Crippen LogP) is 3.02. The topological polar surface area (TPSA) is 73.8 Å². The highest BCUT2D eigenvalue weighted by Crippen LogP contribution is 2.38. The molecule has 3 aliphatic heterocycles. The van der Waals surface area contributed by atoms with Crippen LogP contribution >= 0.6 is 12.4 Å². The molecule has 3 aliphatic rings. The number of amides is 1. The molecule has 5 rings (SSSR count). The molecule has 0 bridgehead atoms. The van der Waals surface area contributed by atoms with E-state index < -0.39 is 11.6 Å². The zero-order valence-electron chi connectivity index (χ0n) is 18.5. The van der Waals surface area contributed by atoms with E-state index in [2.05, 4.69) is 45.9 Å². The molecule has 0 aliphatic carbocycles. The van der Waals surface area contributed by atoms with Gasteiger partial charge in [0, 0.05) is 30.8 Å². The molecule has 3 N–H and O–H groups in total. The Morgan fingerprint density at radius 2 is 1.81 bits per heavy atom. The Labute approximate surface area is 195 Å². The van der Waals surface area contributed by atoms with Crippen molar-refractivity contribution in [3.63, 3.8) is 0 Å². The van der Waals surface area contributed by atoms with Crippen LogP contribution in [0.1, 0.15) is 47.7 Å². The van der Waals surface area contributed by atoms with E-state index in [4.69, 9.17) is 4.74 Å². The first-order valence-electron chi connectivity index (χ1n) is 11.2. The van der Waals surface area contributed by atoms with E-state index in [1.807, 2.05) is 25.1 Å². The lowest BCUT2D eigenvalue weighted by Crippen LogP contribution is -2.65. The van der Waals surface area contributed by atoms with E-state index in [9.17, 15) is 9.90 Å². The number of fused-ring (bicyclic) bond motifs is 1. The third-order valence-corrected chi connectivity index (χ3v) is 7.20. The Morgan fingerprint density at radius 3 is 2.50 bits per heavy atom. The van der Waals surface area contributed by atoms with Gasteiger partial charge in [0.1, 0.15) is 6.10 Å². The number of anilines is 1. The summed E-state index contributed by atoms with van der Waals surface area (Å²) in [5, 5.41) is 17.2. The van der Waals surface area contributed by atoms with Crippen molar-refractivity contribution in [2.75, 3.05) is 24.6 Å². The molecule has 2 aromatic rings. The molecule has 2 atom stereocenters. The molecular weight excluding hydrogens is 426 g/mol. The number of nitrogens with zero attached hydrogens (tertiary/aromatic N) is 1. The number of benzene rings is 2. The number of piperidine rings is 1. The minimum atomic E-state index is -0.728. The molecule has 2 fully saturated rings. The summed E-state index contributed by atoms with van der Waals surface area (Å²) in [6, 6.07) is 16.3. The van der Waals surface area contributed by atoms with Crippen LogP contribution < -0.4 is 15.5 Å². The highest BCUT2D eigenvalue weighted by atomic mass is 35.5. The van der Waals surface area contributed by atoms with Crippen LogP contribution in [0.4, 0.5) is 5.69 Å². The SMILES string of the molecule is C[C@]1(NC(=O)c2cccc(N3Cc4ccccc4C3)c2)CC2(CCNCC2)OC[C@@H]1O.Cl. The molecule has 0 saturated carbocycles. The third-order valence-electron chi connectivity index (χ3n) is 7.20. The number of halogens is 1. The van der Waals surface area contributed by atoms with E-state index in [1.54, 1.807) is 0 Å². The van der Waals surface area contributed by atoms with Crippen molar-refractivity contribution in [2.45, 2.75) is 56.5 Å². The van der Waals surface area contributed by atoms with Crippen LogP contribution in [0.15, 0.2) is 48.5 Å². The first-order chi connectivity index (χ1) is 15.0. The molecule has 2 aromatic carbocycles. The maximum absolute atomic E-state index is 13.2. The van der Waals surface area contributed by atoms with Gasteiger partial charge in [-0.2, -0.15) is 0 Å². The second-order valence-corrected chi connectivity index (χ2v) is 9.48. The van der Waals surface area contributed by atoms with Crippen molar-refractivity contribution >= 4 is 24.0 Å². The minimum absolute atomic E-state index is 0. The Hall–Kier alpha value is -2.12. The molecule has 0 radical (unpaired) electrons. The maximum Gasteiger partial charge on any atom is 0.251 e. The van der Waals surface area contributed by atoms with Crippen LogP contribution in [0.2, 0.25) is 0 Å². The number of nitrogens with one attached hydrogen (secondary N) is 2. The molecule has 172 valence electrons. The number of rotatable bonds is 3. The fourth-order valence-corrected chi connectivity index (χ4v) is 5.30. The average molecular weight is 458 g/mol. The Balaban J connectivity index is 0.00000245. The van der Waals surface area contributed by atoms with Gasteiger partial charge in [0.05, 0.1) is 17.7 Å². The smallest absolute Gasteiger partial charge is 0.251 e. The largest absolute Gasteiger partial charge is 0.388 e. The van der Waals surface area contributed by atoms with Gasteiger partial charge in [-0.3, -0.25) is 4.79 Å². The molecule has 0 aromatic heterocycles. The van der Waals surface area contributed by atoms with Crippen LogP contribution in [-0.4, -0.2) is 48.0 Å². The molecule has 2 saturated heterocycles. The van der Waals surface area contributed by atoms with Crippen molar-refractivity contribution < 1.29 is 14.6 Å². The van der Waals surface area contributed by atoms with E-state index in [0.717, 1.165) is 44.7 Å². The highest BCUT2D eigenvalue weighted by Gasteiger charge is 2.49. The lowest BCUT2D eigenvalue weighted by atomic mass is 9.75. The number of carbonyl (C=O) groups excluding carboxylic acids is 1. The molecule has 3 heterocycles. The van der Waals surface area contributed by atoms with E-state index >= 15 is 0 Å². The summed E-state index contributed by atoms with van der Waals surface area (Å²) < 4.78 is 6.07. The standard InChI is InChI=1S/C25H31N3O3.ClH/c1-24(17-25(31-16-22(24)29)9-11-26-12-10-25)27-23(30)18-7-4-8-21(13-18)28-14-19-5-2-3-6-20(19)15-28;/h2-8,13,22,26,29H,9-12,14-17H2,1H3,(H,27,30);1H/t22-,24-;/m0./s1. The van der Waals surface area contributed by atoms with Crippen LogP contribution in [-0.2, 0) is 17.8 Å². The lowest BCUT2D eigenvalue weighted by Gasteiger charge is -2.50. The van der Waals surface area contributed by atoms with Crippen molar-refractivity contribution in [3.8, 4) is 0 Å². The molecule has 1 spiro atoms. The monoisotopic (exact) mass is 457 g/mol. The summed E-state index contributed by atoms with van der Waals surface area (Å²) in [4.78, 5) is 15.5. The molecule has 7 heteroatoms. The summed E-state index contributed by atoms with van der Waals surface area (Å²) in [6.07, 6.45) is 1.69. The van der Waals surface area contributed by atoms with Gasteiger partial charge in [-0.25, -0.2) is 0 Å². The summed E-state index contributed by atoms with van der Waals surface area (Å²) >= 11 is 0. The first kappa shape index (κ1) is 23.1. The van der Waals surface area contributed by atoms with Gasteiger partial charge < -0.3 is 25.4 Å². The number of ether oxygens (including phenoxy) is 1. The normalized spacial score (nSPS) is 26.3. The summed E-state index contributed by atoms with van der Waals surface area (Å²) in [6.45, 7) is 5.71. The van der Waals surface area contributed by atoms with E-state index in [-0.39, 0.29) is 30.5 Å². The second kappa shape index (κ2) is 9.02. The summed E-state index contributed by atoms with van der Waals surface area (Å²) in [5.41, 5.74) is 3.34. The van der Waals surface area contributed by atoms with Crippen LogP contribution in [0.25, 0.3) is 0 Å². The van der Waals surface area contributed by atoms with Gasteiger partial charge >= 0.3 is 0 Å². The van der Waals surface area contributed by atoms with Crippen LogP contribution in [0, 0.1) is 0 Å². The Bertz CT molecular complexity index is 953. The van der Waals surface area contributed by atoms with Gasteiger partial charge in [-0.15, -0.1) is 12.4 Å². The Kier molecular flexibility index (Phi) is 6.50. The molecule has 0 unspecified atom stereocenters. The van der Waals surface area contributed by atoms with Crippen LogP contribution in [0.5, 0.6) is 0 Å². The zero-order chi connectivity index (χ0) is 21.5. The summed E-state index contributed by atoms with van der Waals surface area (Å²) in [7, 11) is 0. The fraction of sp³-hybridized carbons (Fsp3) is 0.480. The molecule has 32 heavy (non-hydrogen) atoms. The van der Waals surface area contributed by atoms with Gasteiger partial charge in [-0.05, 0) is 62.2 Å². The summed E-state index contributed by atoms with van der Waals surface area (Å²) in [5.74, 6) is -0.147. The Morgan fingerprint density at radius 1 is 1.12 bits per heavy atom. The quantitative estimate of drug-likeness (QED) is 0.660. The first-order valence-corrected chi connectivity index (χ1v) is 11.2. The number of hydrogen-bond donors (Lipinski definition) is 3. The predicted molar refractivity (Wildman–Crippen MR) is 127 cm³/mol. The third kappa shape index (κ3) is 4.37. The van der Waals surface area contributed by atoms with Gasteiger partial charge in [0.25, 0.3) is 5.91 Å². The van der Waals surface area contributed by atoms with Crippen molar-refractivity contribution in [1.29, 1.82) is 0 Å². The zero-order valence-corrected chi connectivity index (χ0v) is 19.3. The van der Waals surface area contributed by atoms with Gasteiger partial charge in [0.15, 0.2) is 0 Å². The number of carbonyl (C=O) groups is 1. The van der Waals surface area contributed by atoms with Gasteiger partial charge in [0.2, 0.25) is 0 Å². The minimum Gasteiger partial charge on any atom is -0.388 e. The number of hydrogen-bond acceptors (Lipinski definition) is 5. The van der Waals surface area contributed by atoms with Crippen molar-refractivity contribution in [3.05, 3.63) is 65.2 Å².